The zero-order chi connectivity index (χ0) is 9.68. The van der Waals surface area contributed by atoms with Crippen molar-refractivity contribution in [1.82, 2.24) is 9.97 Å². The molecule has 0 aliphatic rings. The maximum absolute atomic E-state index is 11.7. The van der Waals surface area contributed by atoms with Crippen LogP contribution in [0.25, 0.3) is 0 Å². The number of alkyl halides is 2. The summed E-state index contributed by atoms with van der Waals surface area (Å²) in [7, 11) is 0. The van der Waals surface area contributed by atoms with Gasteiger partial charge in [-0.05, 0) is 0 Å². The van der Waals surface area contributed by atoms with E-state index in [9.17, 15) is 8.78 Å². The van der Waals surface area contributed by atoms with Crippen molar-refractivity contribution in [3.05, 3.63) is 18.1 Å². The molecule has 0 radical (unpaired) electrons. The highest BCUT2D eigenvalue weighted by Crippen LogP contribution is 2.06. The van der Waals surface area contributed by atoms with Gasteiger partial charge in [-0.15, -0.1) is 0 Å². The van der Waals surface area contributed by atoms with Gasteiger partial charge in [0.1, 0.15) is 0 Å². The molecule has 0 bridgehead atoms. The SMILES string of the molecule is OCc1cncc(OCC(F)F)n1. The van der Waals surface area contributed by atoms with E-state index in [1.54, 1.807) is 0 Å². The van der Waals surface area contributed by atoms with Crippen LogP contribution >= 0.6 is 0 Å². The molecule has 72 valence electrons. The molecule has 13 heavy (non-hydrogen) atoms. The van der Waals surface area contributed by atoms with Crippen LogP contribution in [-0.2, 0) is 6.61 Å². The smallest absolute Gasteiger partial charge is 0.272 e. The highest BCUT2D eigenvalue weighted by Gasteiger charge is 2.04. The van der Waals surface area contributed by atoms with Crippen molar-refractivity contribution in [2.45, 2.75) is 13.0 Å². The minimum atomic E-state index is -2.54. The van der Waals surface area contributed by atoms with E-state index in [-0.39, 0.29) is 18.2 Å². The number of aromatic nitrogens is 2. The number of aliphatic hydroxyl groups excluding tert-OH is 1. The Bertz CT molecular complexity index is 270. The molecule has 0 saturated heterocycles. The van der Waals surface area contributed by atoms with Crippen LogP contribution in [0.3, 0.4) is 0 Å². The highest BCUT2D eigenvalue weighted by atomic mass is 19.3. The predicted molar refractivity (Wildman–Crippen MR) is 39.5 cm³/mol. The summed E-state index contributed by atoms with van der Waals surface area (Å²) in [6.45, 7) is -1.01. The van der Waals surface area contributed by atoms with Gasteiger partial charge in [0, 0.05) is 0 Å². The summed E-state index contributed by atoms with van der Waals surface area (Å²) in [4.78, 5) is 7.34. The summed E-state index contributed by atoms with van der Waals surface area (Å²) in [5.41, 5.74) is 0.284. The lowest BCUT2D eigenvalue weighted by atomic mass is 10.5. The van der Waals surface area contributed by atoms with Gasteiger partial charge in [0.25, 0.3) is 6.43 Å². The Kier molecular flexibility index (Phi) is 3.51. The predicted octanol–water partition coefficient (Wildman–Crippen LogP) is 0.613. The van der Waals surface area contributed by atoms with Crippen molar-refractivity contribution in [2.24, 2.45) is 0 Å². The molecule has 1 heterocycles. The van der Waals surface area contributed by atoms with E-state index in [0.717, 1.165) is 0 Å². The normalized spacial score (nSPS) is 10.5. The molecule has 0 unspecified atom stereocenters. The van der Waals surface area contributed by atoms with E-state index in [2.05, 4.69) is 14.7 Å². The first-order valence-electron chi connectivity index (χ1n) is 3.55. The van der Waals surface area contributed by atoms with Gasteiger partial charge >= 0.3 is 0 Å². The van der Waals surface area contributed by atoms with Crippen LogP contribution in [0.1, 0.15) is 5.69 Å². The Hall–Kier alpha value is -1.30. The summed E-state index contributed by atoms with van der Waals surface area (Å²) in [6.07, 6.45) is -0.00359. The third-order valence-electron chi connectivity index (χ3n) is 1.18. The topological polar surface area (TPSA) is 55.2 Å². The number of halogens is 2. The number of rotatable bonds is 4. The average molecular weight is 190 g/mol. The van der Waals surface area contributed by atoms with E-state index >= 15 is 0 Å². The van der Waals surface area contributed by atoms with Crippen LogP contribution in [-0.4, -0.2) is 28.1 Å². The lowest BCUT2D eigenvalue weighted by molar-refractivity contribution is 0.0791. The first kappa shape index (κ1) is 9.79. The zero-order valence-corrected chi connectivity index (χ0v) is 6.65. The van der Waals surface area contributed by atoms with Crippen molar-refractivity contribution in [1.29, 1.82) is 0 Å². The van der Waals surface area contributed by atoms with Crippen molar-refractivity contribution in [2.75, 3.05) is 6.61 Å². The fourth-order valence-electron chi connectivity index (χ4n) is 0.680. The summed E-state index contributed by atoms with van der Waals surface area (Å²) < 4.78 is 27.9. The second-order valence-electron chi connectivity index (χ2n) is 2.21. The average Bonchev–Trinajstić information content (AvgIpc) is 2.15. The van der Waals surface area contributed by atoms with Crippen LogP contribution in [0, 0.1) is 0 Å². The molecule has 1 rings (SSSR count). The third kappa shape index (κ3) is 3.29. The van der Waals surface area contributed by atoms with Gasteiger partial charge in [-0.2, -0.15) is 0 Å². The molecular weight excluding hydrogens is 182 g/mol. The largest absolute Gasteiger partial charge is 0.470 e. The fraction of sp³-hybridized carbons (Fsp3) is 0.429. The molecule has 1 N–H and O–H groups in total. The summed E-state index contributed by atoms with van der Waals surface area (Å²) in [6, 6.07) is 0. The summed E-state index contributed by atoms with van der Waals surface area (Å²) in [5, 5.41) is 8.63. The Morgan fingerprint density at radius 2 is 2.23 bits per heavy atom. The van der Waals surface area contributed by atoms with Crippen molar-refractivity contribution >= 4 is 0 Å². The molecule has 0 saturated carbocycles. The molecule has 0 aromatic carbocycles. The van der Waals surface area contributed by atoms with Crippen LogP contribution in [0.4, 0.5) is 8.78 Å². The van der Waals surface area contributed by atoms with E-state index in [0.29, 0.717) is 0 Å². The number of hydrogen-bond acceptors (Lipinski definition) is 4. The van der Waals surface area contributed by atoms with Gasteiger partial charge in [0.05, 0.1) is 24.7 Å². The van der Waals surface area contributed by atoms with E-state index in [1.165, 1.54) is 12.4 Å². The maximum Gasteiger partial charge on any atom is 0.272 e. The lowest BCUT2D eigenvalue weighted by Gasteiger charge is -2.03. The van der Waals surface area contributed by atoms with E-state index < -0.39 is 13.0 Å². The fourth-order valence-corrected chi connectivity index (χ4v) is 0.680. The number of hydrogen-bond donors (Lipinski definition) is 1. The highest BCUT2D eigenvalue weighted by molar-refractivity contribution is 5.07. The summed E-state index contributed by atoms with van der Waals surface area (Å²) >= 11 is 0. The molecular formula is C7H8F2N2O2. The number of ether oxygens (including phenoxy) is 1. The monoisotopic (exact) mass is 190 g/mol. The number of aliphatic hydroxyl groups is 1. The van der Waals surface area contributed by atoms with Crippen molar-refractivity contribution in [3.63, 3.8) is 0 Å². The summed E-state index contributed by atoms with van der Waals surface area (Å²) in [5.74, 6) is -0.00755. The van der Waals surface area contributed by atoms with Crippen molar-refractivity contribution in [3.8, 4) is 5.88 Å². The van der Waals surface area contributed by atoms with Gasteiger partial charge in [-0.1, -0.05) is 0 Å². The van der Waals surface area contributed by atoms with Crippen LogP contribution in [0.15, 0.2) is 12.4 Å². The van der Waals surface area contributed by atoms with E-state index in [4.69, 9.17) is 5.11 Å². The molecule has 0 atom stereocenters. The second-order valence-corrected chi connectivity index (χ2v) is 2.21. The van der Waals surface area contributed by atoms with Gasteiger partial charge in [-0.3, -0.25) is 4.98 Å². The molecule has 0 aliphatic carbocycles. The first-order chi connectivity index (χ1) is 6.22. The van der Waals surface area contributed by atoms with Gasteiger partial charge < -0.3 is 9.84 Å². The Labute approximate surface area is 73.2 Å². The molecule has 4 nitrogen and oxygen atoms in total. The molecule has 0 fully saturated rings. The van der Waals surface area contributed by atoms with E-state index in [1.807, 2.05) is 0 Å². The Morgan fingerprint density at radius 1 is 1.46 bits per heavy atom. The van der Waals surface area contributed by atoms with Gasteiger partial charge in [-0.25, -0.2) is 13.8 Å². The molecule has 1 aromatic rings. The minimum absolute atomic E-state index is 0.00755. The molecule has 6 heteroatoms. The molecule has 0 aliphatic heterocycles. The molecule has 0 spiro atoms. The van der Waals surface area contributed by atoms with Crippen LogP contribution in [0.5, 0.6) is 5.88 Å². The number of nitrogens with zero attached hydrogens (tertiary/aromatic N) is 2. The Balaban J connectivity index is 2.56. The van der Waals surface area contributed by atoms with Crippen LogP contribution in [0.2, 0.25) is 0 Å². The second kappa shape index (κ2) is 4.66. The Morgan fingerprint density at radius 3 is 2.85 bits per heavy atom. The minimum Gasteiger partial charge on any atom is -0.470 e. The third-order valence-corrected chi connectivity index (χ3v) is 1.18. The maximum atomic E-state index is 11.7. The first-order valence-corrected chi connectivity index (χ1v) is 3.55. The molecule has 1 aromatic heterocycles. The van der Waals surface area contributed by atoms with Gasteiger partial charge in [0.2, 0.25) is 5.88 Å². The standard InChI is InChI=1S/C7H8F2N2O2/c8-6(9)4-13-7-2-10-1-5(3-12)11-7/h1-2,6,12H,3-4H2. The van der Waals surface area contributed by atoms with Gasteiger partial charge in [0.15, 0.2) is 6.61 Å². The van der Waals surface area contributed by atoms with Crippen molar-refractivity contribution < 1.29 is 18.6 Å². The quantitative estimate of drug-likeness (QED) is 0.755. The van der Waals surface area contributed by atoms with Crippen LogP contribution < -0.4 is 4.74 Å². The lowest BCUT2D eigenvalue weighted by Crippen LogP contribution is -2.08. The zero-order valence-electron chi connectivity index (χ0n) is 6.65. The molecule has 0 amide bonds.